The number of nitrogens with one attached hydrogen (secondary N) is 1. The SMILES string of the molecule is CC1(C)Cc2c(cnn2-c2ccccc2)[C@@H](NC(=O)CCc2cccs2)C1. The van der Waals surface area contributed by atoms with E-state index < -0.39 is 0 Å². The molecule has 0 bridgehead atoms. The number of carbonyl (C=O) groups is 1. The highest BCUT2D eigenvalue weighted by Crippen LogP contribution is 2.41. The van der Waals surface area contributed by atoms with Gasteiger partial charge in [-0.1, -0.05) is 38.1 Å². The molecule has 4 rings (SSSR count). The average molecular weight is 380 g/mol. The number of hydrogen-bond acceptors (Lipinski definition) is 3. The summed E-state index contributed by atoms with van der Waals surface area (Å²) in [7, 11) is 0. The van der Waals surface area contributed by atoms with Crippen molar-refractivity contribution in [1.82, 2.24) is 15.1 Å². The number of thiophene rings is 1. The summed E-state index contributed by atoms with van der Waals surface area (Å²) in [5.41, 5.74) is 3.55. The Balaban J connectivity index is 1.54. The van der Waals surface area contributed by atoms with E-state index in [9.17, 15) is 4.79 Å². The van der Waals surface area contributed by atoms with Crippen LogP contribution in [-0.4, -0.2) is 15.7 Å². The quantitative estimate of drug-likeness (QED) is 0.699. The number of para-hydroxylation sites is 1. The van der Waals surface area contributed by atoms with Crippen LogP contribution in [0.5, 0.6) is 0 Å². The van der Waals surface area contributed by atoms with Crippen molar-refractivity contribution < 1.29 is 4.79 Å². The van der Waals surface area contributed by atoms with Gasteiger partial charge >= 0.3 is 0 Å². The summed E-state index contributed by atoms with van der Waals surface area (Å²) in [6.45, 7) is 4.53. The molecule has 1 N–H and O–H groups in total. The summed E-state index contributed by atoms with van der Waals surface area (Å²) in [4.78, 5) is 13.8. The first-order valence-electron chi connectivity index (χ1n) is 9.46. The molecule has 140 valence electrons. The third-order valence-electron chi connectivity index (χ3n) is 5.19. The molecule has 1 aromatic carbocycles. The lowest BCUT2D eigenvalue weighted by Crippen LogP contribution is -2.36. The van der Waals surface area contributed by atoms with Gasteiger partial charge in [0.05, 0.1) is 23.6 Å². The predicted molar refractivity (Wildman–Crippen MR) is 109 cm³/mol. The second-order valence-electron chi connectivity index (χ2n) is 8.04. The molecular weight excluding hydrogens is 354 g/mol. The predicted octanol–water partition coefficient (Wildman–Crippen LogP) is 4.70. The van der Waals surface area contributed by atoms with Gasteiger partial charge in [0.2, 0.25) is 5.91 Å². The fraction of sp³-hybridized carbons (Fsp3) is 0.364. The molecule has 1 amide bonds. The molecule has 0 fully saturated rings. The van der Waals surface area contributed by atoms with Crippen LogP contribution in [0.25, 0.3) is 5.69 Å². The molecular formula is C22H25N3OS. The van der Waals surface area contributed by atoms with Crippen LogP contribution in [0.4, 0.5) is 0 Å². The Morgan fingerprint density at radius 3 is 2.81 bits per heavy atom. The van der Waals surface area contributed by atoms with Crippen LogP contribution in [0.3, 0.4) is 0 Å². The molecule has 0 saturated heterocycles. The molecule has 0 saturated carbocycles. The highest BCUT2D eigenvalue weighted by atomic mass is 32.1. The summed E-state index contributed by atoms with van der Waals surface area (Å²) >= 11 is 1.71. The van der Waals surface area contributed by atoms with Gasteiger partial charge in [0, 0.05) is 16.9 Å². The zero-order valence-electron chi connectivity index (χ0n) is 15.8. The number of carbonyl (C=O) groups excluding carboxylic acids is 1. The third kappa shape index (κ3) is 3.98. The van der Waals surface area contributed by atoms with Crippen molar-refractivity contribution in [1.29, 1.82) is 0 Å². The lowest BCUT2D eigenvalue weighted by molar-refractivity contribution is -0.122. The van der Waals surface area contributed by atoms with Gasteiger partial charge in [-0.3, -0.25) is 4.79 Å². The van der Waals surface area contributed by atoms with Crippen molar-refractivity contribution in [2.45, 2.75) is 45.6 Å². The van der Waals surface area contributed by atoms with Crippen molar-refractivity contribution >= 4 is 17.2 Å². The zero-order valence-corrected chi connectivity index (χ0v) is 16.6. The number of amides is 1. The molecule has 2 heterocycles. The number of aromatic nitrogens is 2. The Kier molecular flexibility index (Phi) is 4.87. The van der Waals surface area contributed by atoms with Gasteiger partial charge < -0.3 is 5.32 Å². The second-order valence-corrected chi connectivity index (χ2v) is 9.07. The normalized spacial score (nSPS) is 18.1. The van der Waals surface area contributed by atoms with E-state index in [0.717, 1.165) is 30.5 Å². The lowest BCUT2D eigenvalue weighted by Gasteiger charge is -2.36. The van der Waals surface area contributed by atoms with Gasteiger partial charge in [0.1, 0.15) is 0 Å². The Labute approximate surface area is 164 Å². The number of nitrogens with zero attached hydrogens (tertiary/aromatic N) is 2. The van der Waals surface area contributed by atoms with E-state index >= 15 is 0 Å². The smallest absolute Gasteiger partial charge is 0.220 e. The van der Waals surface area contributed by atoms with Crippen LogP contribution < -0.4 is 5.32 Å². The minimum Gasteiger partial charge on any atom is -0.349 e. The fourth-order valence-corrected chi connectivity index (χ4v) is 4.63. The summed E-state index contributed by atoms with van der Waals surface area (Å²) in [6, 6.07) is 14.4. The number of rotatable bonds is 5. The first kappa shape index (κ1) is 18.0. The molecule has 4 nitrogen and oxygen atoms in total. The monoisotopic (exact) mass is 379 g/mol. The minimum absolute atomic E-state index is 0.0250. The largest absolute Gasteiger partial charge is 0.349 e. The van der Waals surface area contributed by atoms with E-state index in [4.69, 9.17) is 0 Å². The second kappa shape index (κ2) is 7.31. The summed E-state index contributed by atoms with van der Waals surface area (Å²) in [5, 5.41) is 9.97. The molecule has 1 atom stereocenters. The Morgan fingerprint density at radius 2 is 2.07 bits per heavy atom. The first-order chi connectivity index (χ1) is 13.0. The van der Waals surface area contributed by atoms with Crippen LogP contribution in [0.15, 0.2) is 54.0 Å². The van der Waals surface area contributed by atoms with Gasteiger partial charge in [-0.05, 0) is 48.3 Å². The van der Waals surface area contributed by atoms with Crippen LogP contribution in [0, 0.1) is 5.41 Å². The number of benzene rings is 1. The van der Waals surface area contributed by atoms with E-state index in [1.165, 1.54) is 10.6 Å². The highest BCUT2D eigenvalue weighted by Gasteiger charge is 2.35. The number of hydrogen-bond donors (Lipinski definition) is 1. The molecule has 0 unspecified atom stereocenters. The van der Waals surface area contributed by atoms with Gasteiger partial charge in [0.15, 0.2) is 0 Å². The standard InChI is InChI=1S/C22H25N3OS/c1-22(2)13-19(24-21(26)11-10-17-9-6-12-27-17)18-15-23-25(20(18)14-22)16-7-4-3-5-8-16/h3-9,12,15,19H,10-11,13-14H2,1-2H3,(H,24,26)/t19-/m0/s1. The van der Waals surface area contributed by atoms with E-state index in [-0.39, 0.29) is 17.4 Å². The van der Waals surface area contributed by atoms with Gasteiger partial charge in [-0.2, -0.15) is 5.10 Å². The molecule has 1 aliphatic carbocycles. The van der Waals surface area contributed by atoms with Crippen LogP contribution in [-0.2, 0) is 17.6 Å². The van der Waals surface area contributed by atoms with Crippen molar-refractivity contribution in [3.63, 3.8) is 0 Å². The molecule has 5 heteroatoms. The molecule has 0 aliphatic heterocycles. The Bertz CT molecular complexity index is 912. The van der Waals surface area contributed by atoms with E-state index in [1.54, 1.807) is 11.3 Å². The van der Waals surface area contributed by atoms with E-state index in [1.807, 2.05) is 35.1 Å². The zero-order chi connectivity index (χ0) is 18.9. The van der Waals surface area contributed by atoms with Gasteiger partial charge in [-0.25, -0.2) is 4.68 Å². The maximum absolute atomic E-state index is 12.6. The number of fused-ring (bicyclic) bond motifs is 1. The minimum atomic E-state index is 0.0250. The average Bonchev–Trinajstić information content (AvgIpc) is 3.29. The Morgan fingerprint density at radius 1 is 1.26 bits per heavy atom. The molecule has 3 aromatic rings. The topological polar surface area (TPSA) is 46.9 Å². The van der Waals surface area contributed by atoms with Gasteiger partial charge in [-0.15, -0.1) is 11.3 Å². The summed E-state index contributed by atoms with van der Waals surface area (Å²) in [6.07, 6.45) is 5.15. The maximum atomic E-state index is 12.6. The van der Waals surface area contributed by atoms with Gasteiger partial charge in [0.25, 0.3) is 0 Å². The van der Waals surface area contributed by atoms with Crippen LogP contribution in [0.1, 0.15) is 48.9 Å². The van der Waals surface area contributed by atoms with Crippen molar-refractivity contribution in [3.05, 3.63) is 70.2 Å². The lowest BCUT2D eigenvalue weighted by atomic mass is 9.74. The Hall–Kier alpha value is -2.40. The molecule has 1 aliphatic rings. The maximum Gasteiger partial charge on any atom is 0.220 e. The van der Waals surface area contributed by atoms with Crippen molar-refractivity contribution in [2.24, 2.45) is 5.41 Å². The third-order valence-corrected chi connectivity index (χ3v) is 6.13. The van der Waals surface area contributed by atoms with Crippen molar-refractivity contribution in [3.8, 4) is 5.69 Å². The molecule has 0 spiro atoms. The fourth-order valence-electron chi connectivity index (χ4n) is 3.92. The highest BCUT2D eigenvalue weighted by molar-refractivity contribution is 7.09. The van der Waals surface area contributed by atoms with Crippen LogP contribution >= 0.6 is 11.3 Å². The first-order valence-corrected chi connectivity index (χ1v) is 10.3. The van der Waals surface area contributed by atoms with E-state index in [0.29, 0.717) is 6.42 Å². The van der Waals surface area contributed by atoms with Crippen molar-refractivity contribution in [2.75, 3.05) is 0 Å². The number of aryl methyl sites for hydroxylation is 1. The molecule has 2 aromatic heterocycles. The molecule has 27 heavy (non-hydrogen) atoms. The summed E-state index contributed by atoms with van der Waals surface area (Å²) < 4.78 is 2.03. The summed E-state index contributed by atoms with van der Waals surface area (Å²) in [5.74, 6) is 0.115. The van der Waals surface area contributed by atoms with E-state index in [2.05, 4.69) is 47.8 Å². The van der Waals surface area contributed by atoms with Crippen LogP contribution in [0.2, 0.25) is 0 Å². The molecule has 0 radical (unpaired) electrons.